The zero-order chi connectivity index (χ0) is 16.8. The van der Waals surface area contributed by atoms with Crippen LogP contribution in [0.2, 0.25) is 0 Å². The fraction of sp³-hybridized carbons (Fsp3) is 0.944. The minimum Gasteiger partial charge on any atom is -0.444 e. The fourth-order valence-electron chi connectivity index (χ4n) is 3.20. The van der Waals surface area contributed by atoms with Crippen LogP contribution in [0, 0.1) is 5.92 Å². The van der Waals surface area contributed by atoms with Crippen molar-refractivity contribution in [3.8, 4) is 0 Å². The molecule has 22 heavy (non-hydrogen) atoms. The van der Waals surface area contributed by atoms with E-state index in [0.717, 1.165) is 19.3 Å². The molecule has 0 aromatic heterocycles. The third-order valence-electron chi connectivity index (χ3n) is 4.39. The molecule has 1 fully saturated rings. The Kier molecular flexibility index (Phi) is 7.67. The van der Waals surface area contributed by atoms with Crippen LogP contribution in [0.4, 0.5) is 4.79 Å². The number of carbonyl (C=O) groups excluding carboxylic acids is 1. The summed E-state index contributed by atoms with van der Waals surface area (Å²) >= 11 is 0. The van der Waals surface area contributed by atoms with Gasteiger partial charge in [0, 0.05) is 18.1 Å². The molecule has 1 aliphatic carbocycles. The molecule has 3 atom stereocenters. The van der Waals surface area contributed by atoms with Crippen LogP contribution in [0.3, 0.4) is 0 Å². The molecule has 1 saturated carbocycles. The summed E-state index contributed by atoms with van der Waals surface area (Å²) in [5, 5.41) is 6.90. The van der Waals surface area contributed by atoms with Crippen molar-refractivity contribution in [2.45, 2.75) is 104 Å². The molecule has 4 nitrogen and oxygen atoms in total. The predicted octanol–water partition coefficient (Wildman–Crippen LogP) is 4.24. The summed E-state index contributed by atoms with van der Waals surface area (Å²) in [6, 6.07) is 1.03. The highest BCUT2D eigenvalue weighted by Gasteiger charge is 2.29. The van der Waals surface area contributed by atoms with Crippen molar-refractivity contribution in [2.75, 3.05) is 0 Å². The number of rotatable bonds is 5. The van der Waals surface area contributed by atoms with Gasteiger partial charge in [0.25, 0.3) is 0 Å². The smallest absolute Gasteiger partial charge is 0.407 e. The van der Waals surface area contributed by atoms with Gasteiger partial charge in [-0.3, -0.25) is 0 Å². The number of nitrogens with one attached hydrogen (secondary N) is 2. The molecule has 3 unspecified atom stereocenters. The summed E-state index contributed by atoms with van der Waals surface area (Å²) < 4.78 is 5.43. The van der Waals surface area contributed by atoms with E-state index < -0.39 is 5.60 Å². The number of ether oxygens (including phenoxy) is 1. The van der Waals surface area contributed by atoms with E-state index in [-0.39, 0.29) is 12.1 Å². The van der Waals surface area contributed by atoms with Gasteiger partial charge in [-0.15, -0.1) is 0 Å². The SMILES string of the molecule is CCC(NC1CCCCCC1NC(=O)OC(C)(C)C)C(C)C. The highest BCUT2D eigenvalue weighted by atomic mass is 16.6. The molecule has 1 rings (SSSR count). The van der Waals surface area contributed by atoms with Crippen molar-refractivity contribution >= 4 is 6.09 Å². The maximum Gasteiger partial charge on any atom is 0.407 e. The topological polar surface area (TPSA) is 50.4 Å². The monoisotopic (exact) mass is 312 g/mol. The van der Waals surface area contributed by atoms with Gasteiger partial charge in [0.1, 0.15) is 5.60 Å². The van der Waals surface area contributed by atoms with E-state index in [1.54, 1.807) is 0 Å². The molecule has 4 heteroatoms. The Labute approximate surface area is 136 Å². The lowest BCUT2D eigenvalue weighted by Crippen LogP contribution is -2.53. The van der Waals surface area contributed by atoms with Gasteiger partial charge in [0.15, 0.2) is 0 Å². The van der Waals surface area contributed by atoms with Gasteiger partial charge >= 0.3 is 6.09 Å². The van der Waals surface area contributed by atoms with Gasteiger partial charge in [-0.1, -0.05) is 40.0 Å². The average Bonchev–Trinajstić information content (AvgIpc) is 2.58. The van der Waals surface area contributed by atoms with Crippen molar-refractivity contribution < 1.29 is 9.53 Å². The van der Waals surface area contributed by atoms with E-state index in [0.29, 0.717) is 18.0 Å². The standard InChI is InChI=1S/C18H36N2O2/c1-7-14(13(2)3)19-15-11-9-8-10-12-16(15)20-17(21)22-18(4,5)6/h13-16,19H,7-12H2,1-6H3,(H,20,21). The third-order valence-corrected chi connectivity index (χ3v) is 4.39. The number of alkyl carbamates (subject to hydrolysis) is 1. The normalized spacial score (nSPS) is 24.7. The van der Waals surface area contributed by atoms with E-state index in [2.05, 4.69) is 31.4 Å². The lowest BCUT2D eigenvalue weighted by molar-refractivity contribution is 0.0487. The van der Waals surface area contributed by atoms with Crippen molar-refractivity contribution in [1.29, 1.82) is 0 Å². The molecule has 0 aromatic carbocycles. The molecule has 0 spiro atoms. The summed E-state index contributed by atoms with van der Waals surface area (Å²) in [4.78, 5) is 12.1. The van der Waals surface area contributed by atoms with Crippen LogP contribution < -0.4 is 10.6 Å². The molecule has 1 aliphatic rings. The van der Waals surface area contributed by atoms with Gasteiger partial charge in [-0.05, 0) is 46.0 Å². The molecule has 0 heterocycles. The summed E-state index contributed by atoms with van der Waals surface area (Å²) in [7, 11) is 0. The Morgan fingerprint density at radius 1 is 1.14 bits per heavy atom. The van der Waals surface area contributed by atoms with Gasteiger partial charge < -0.3 is 15.4 Å². The largest absolute Gasteiger partial charge is 0.444 e. The molecule has 130 valence electrons. The van der Waals surface area contributed by atoms with E-state index in [4.69, 9.17) is 4.74 Å². The fourth-order valence-corrected chi connectivity index (χ4v) is 3.20. The highest BCUT2D eigenvalue weighted by molar-refractivity contribution is 5.68. The molecule has 0 aromatic rings. The maximum absolute atomic E-state index is 12.1. The molecule has 0 radical (unpaired) electrons. The zero-order valence-electron chi connectivity index (χ0n) is 15.4. The maximum atomic E-state index is 12.1. The first-order chi connectivity index (χ1) is 10.2. The predicted molar refractivity (Wildman–Crippen MR) is 92.1 cm³/mol. The Balaban J connectivity index is 2.67. The summed E-state index contributed by atoms with van der Waals surface area (Å²) in [5.41, 5.74) is -0.443. The van der Waals surface area contributed by atoms with Gasteiger partial charge in [-0.25, -0.2) is 4.79 Å². The summed E-state index contributed by atoms with van der Waals surface area (Å²) in [5.74, 6) is 0.607. The Morgan fingerprint density at radius 2 is 1.73 bits per heavy atom. The van der Waals surface area contributed by atoms with Crippen molar-refractivity contribution in [3.05, 3.63) is 0 Å². The van der Waals surface area contributed by atoms with Gasteiger partial charge in [0.05, 0.1) is 0 Å². The second-order valence-electron chi connectivity index (χ2n) is 7.92. The second-order valence-corrected chi connectivity index (χ2v) is 7.92. The number of amides is 1. The Bertz CT molecular complexity index is 336. The molecular weight excluding hydrogens is 276 g/mol. The van der Waals surface area contributed by atoms with Gasteiger partial charge in [0.2, 0.25) is 0 Å². The van der Waals surface area contributed by atoms with Crippen LogP contribution in [0.1, 0.15) is 80.1 Å². The number of hydrogen-bond donors (Lipinski definition) is 2. The first-order valence-corrected chi connectivity index (χ1v) is 8.98. The van der Waals surface area contributed by atoms with Crippen LogP contribution in [0.15, 0.2) is 0 Å². The third kappa shape index (κ3) is 6.99. The van der Waals surface area contributed by atoms with Crippen molar-refractivity contribution in [3.63, 3.8) is 0 Å². The molecule has 0 saturated heterocycles. The molecule has 0 aliphatic heterocycles. The van der Waals surface area contributed by atoms with E-state index in [1.165, 1.54) is 19.3 Å². The lowest BCUT2D eigenvalue weighted by Gasteiger charge is -2.33. The molecule has 2 N–H and O–H groups in total. The van der Waals surface area contributed by atoms with Crippen LogP contribution in [0.5, 0.6) is 0 Å². The quantitative estimate of drug-likeness (QED) is 0.747. The average molecular weight is 312 g/mol. The van der Waals surface area contributed by atoms with Crippen LogP contribution in [-0.4, -0.2) is 29.8 Å². The first kappa shape index (κ1) is 19.3. The van der Waals surface area contributed by atoms with Crippen molar-refractivity contribution in [2.24, 2.45) is 5.92 Å². The van der Waals surface area contributed by atoms with Crippen LogP contribution in [0.25, 0.3) is 0 Å². The van der Waals surface area contributed by atoms with E-state index in [1.807, 2.05) is 20.8 Å². The number of carbonyl (C=O) groups is 1. The van der Waals surface area contributed by atoms with E-state index in [9.17, 15) is 4.79 Å². The molecule has 0 bridgehead atoms. The molecule has 1 amide bonds. The van der Waals surface area contributed by atoms with Crippen LogP contribution in [-0.2, 0) is 4.74 Å². The number of hydrogen-bond acceptors (Lipinski definition) is 3. The Morgan fingerprint density at radius 3 is 2.23 bits per heavy atom. The first-order valence-electron chi connectivity index (χ1n) is 8.98. The summed E-state index contributed by atoms with van der Waals surface area (Å²) in [6.45, 7) is 12.5. The lowest BCUT2D eigenvalue weighted by atomic mass is 9.96. The van der Waals surface area contributed by atoms with Crippen molar-refractivity contribution in [1.82, 2.24) is 10.6 Å². The van der Waals surface area contributed by atoms with Gasteiger partial charge in [-0.2, -0.15) is 0 Å². The highest BCUT2D eigenvalue weighted by Crippen LogP contribution is 2.21. The Hall–Kier alpha value is -0.770. The minimum atomic E-state index is -0.443. The minimum absolute atomic E-state index is 0.171. The van der Waals surface area contributed by atoms with E-state index >= 15 is 0 Å². The second kappa shape index (κ2) is 8.76. The zero-order valence-corrected chi connectivity index (χ0v) is 15.4. The molecular formula is C18H36N2O2. The summed E-state index contributed by atoms with van der Waals surface area (Å²) in [6.07, 6.45) is 6.66. The van der Waals surface area contributed by atoms with Crippen LogP contribution >= 0.6 is 0 Å².